The molecule has 0 saturated carbocycles. The van der Waals surface area contributed by atoms with E-state index in [0.717, 1.165) is 27.7 Å². The molecule has 0 spiro atoms. The summed E-state index contributed by atoms with van der Waals surface area (Å²) < 4.78 is 12.6. The smallest absolute Gasteiger partial charge is 0.234 e. The zero-order valence-corrected chi connectivity index (χ0v) is 20.9. The quantitative estimate of drug-likeness (QED) is 0.275. The standard InChI is InChI=1S/C27H25N5O3S/c1-17-7-6-8-18(13-17)32-26(21-15-28-22-10-5-4-9-20(21)22)30-31-27(32)36-16-25(33)29-23-12-11-19(34-2)14-24(23)35-3/h4-15,28H,16H2,1-3H3,(H,29,33). The maximum absolute atomic E-state index is 12.8. The number of hydrogen-bond acceptors (Lipinski definition) is 6. The second-order valence-corrected chi connectivity index (χ2v) is 9.07. The van der Waals surface area contributed by atoms with Crippen LogP contribution in [0.1, 0.15) is 5.56 Å². The lowest BCUT2D eigenvalue weighted by Gasteiger charge is -2.12. The van der Waals surface area contributed by atoms with Gasteiger partial charge < -0.3 is 19.8 Å². The van der Waals surface area contributed by atoms with Gasteiger partial charge in [-0.3, -0.25) is 9.36 Å². The van der Waals surface area contributed by atoms with Gasteiger partial charge in [0, 0.05) is 34.4 Å². The van der Waals surface area contributed by atoms with Crippen LogP contribution in [0.15, 0.2) is 78.1 Å². The van der Waals surface area contributed by atoms with Gasteiger partial charge in [-0.25, -0.2) is 0 Å². The molecule has 2 heterocycles. The van der Waals surface area contributed by atoms with Gasteiger partial charge in [-0.1, -0.05) is 42.1 Å². The zero-order valence-electron chi connectivity index (χ0n) is 20.1. The fraction of sp³-hybridized carbons (Fsp3) is 0.148. The third-order valence-corrected chi connectivity index (χ3v) is 6.67. The highest BCUT2D eigenvalue weighted by molar-refractivity contribution is 7.99. The Balaban J connectivity index is 1.44. The SMILES string of the molecule is COc1ccc(NC(=O)CSc2nnc(-c3c[nH]c4ccccc34)n2-c2cccc(C)c2)c(OC)c1. The minimum atomic E-state index is -0.184. The summed E-state index contributed by atoms with van der Waals surface area (Å²) in [6.07, 6.45) is 1.94. The number of benzene rings is 3. The van der Waals surface area contributed by atoms with E-state index < -0.39 is 0 Å². The van der Waals surface area contributed by atoms with Gasteiger partial charge in [-0.05, 0) is 42.8 Å². The summed E-state index contributed by atoms with van der Waals surface area (Å²) in [5, 5.41) is 13.6. The van der Waals surface area contributed by atoms with E-state index in [9.17, 15) is 4.79 Å². The molecule has 0 saturated heterocycles. The molecule has 0 fully saturated rings. The lowest BCUT2D eigenvalue weighted by atomic mass is 10.1. The predicted octanol–water partition coefficient (Wildman–Crippen LogP) is 5.47. The highest BCUT2D eigenvalue weighted by atomic mass is 32.2. The molecule has 2 aromatic heterocycles. The minimum absolute atomic E-state index is 0.146. The lowest BCUT2D eigenvalue weighted by Crippen LogP contribution is -2.15. The fourth-order valence-corrected chi connectivity index (χ4v) is 4.76. The summed E-state index contributed by atoms with van der Waals surface area (Å²) in [6, 6.07) is 21.5. The topological polar surface area (TPSA) is 94.1 Å². The first kappa shape index (κ1) is 23.5. The number of thioether (sulfide) groups is 1. The molecule has 182 valence electrons. The Kier molecular flexibility index (Phi) is 6.64. The molecule has 0 bridgehead atoms. The average molecular weight is 500 g/mol. The van der Waals surface area contributed by atoms with Crippen LogP contribution in [0.4, 0.5) is 5.69 Å². The highest BCUT2D eigenvalue weighted by Gasteiger charge is 2.20. The minimum Gasteiger partial charge on any atom is -0.497 e. The van der Waals surface area contributed by atoms with E-state index in [2.05, 4.69) is 32.6 Å². The van der Waals surface area contributed by atoms with Crippen molar-refractivity contribution in [3.8, 4) is 28.6 Å². The number of ether oxygens (including phenoxy) is 2. The van der Waals surface area contributed by atoms with Crippen molar-refractivity contribution in [1.29, 1.82) is 0 Å². The molecule has 36 heavy (non-hydrogen) atoms. The van der Waals surface area contributed by atoms with Crippen molar-refractivity contribution in [2.75, 3.05) is 25.3 Å². The largest absolute Gasteiger partial charge is 0.497 e. The van der Waals surface area contributed by atoms with E-state index in [0.29, 0.717) is 28.2 Å². The molecule has 0 radical (unpaired) electrons. The number of methoxy groups -OCH3 is 2. The molecule has 2 N–H and O–H groups in total. The Bertz CT molecular complexity index is 1540. The maximum atomic E-state index is 12.8. The van der Waals surface area contributed by atoms with Gasteiger partial charge >= 0.3 is 0 Å². The first-order valence-corrected chi connectivity index (χ1v) is 12.3. The van der Waals surface area contributed by atoms with Crippen LogP contribution in [0.5, 0.6) is 11.5 Å². The number of fused-ring (bicyclic) bond motifs is 1. The van der Waals surface area contributed by atoms with Crippen molar-refractivity contribution in [2.45, 2.75) is 12.1 Å². The molecule has 0 unspecified atom stereocenters. The third kappa shape index (κ3) is 4.65. The molecular weight excluding hydrogens is 474 g/mol. The summed E-state index contributed by atoms with van der Waals surface area (Å²) in [5.41, 5.74) is 4.59. The average Bonchev–Trinajstić information content (AvgIpc) is 3.51. The zero-order chi connectivity index (χ0) is 25.1. The number of hydrogen-bond donors (Lipinski definition) is 2. The Morgan fingerprint density at radius 3 is 2.69 bits per heavy atom. The van der Waals surface area contributed by atoms with Gasteiger partial charge in [-0.2, -0.15) is 0 Å². The van der Waals surface area contributed by atoms with Crippen LogP contribution in [0.25, 0.3) is 28.0 Å². The molecule has 0 aliphatic heterocycles. The van der Waals surface area contributed by atoms with Crippen LogP contribution in [0, 0.1) is 6.92 Å². The van der Waals surface area contributed by atoms with Crippen molar-refractivity contribution in [1.82, 2.24) is 19.7 Å². The molecule has 9 heteroatoms. The summed E-state index contributed by atoms with van der Waals surface area (Å²) in [5.74, 6) is 1.84. The predicted molar refractivity (Wildman–Crippen MR) is 142 cm³/mol. The summed E-state index contributed by atoms with van der Waals surface area (Å²) >= 11 is 1.32. The second kappa shape index (κ2) is 10.2. The molecule has 5 aromatic rings. The third-order valence-electron chi connectivity index (χ3n) is 5.74. The number of aromatic nitrogens is 4. The van der Waals surface area contributed by atoms with Crippen LogP contribution in [-0.4, -0.2) is 45.6 Å². The van der Waals surface area contributed by atoms with E-state index in [4.69, 9.17) is 9.47 Å². The fourth-order valence-electron chi connectivity index (χ4n) is 4.01. The van der Waals surface area contributed by atoms with E-state index in [1.54, 1.807) is 32.4 Å². The number of nitrogens with one attached hydrogen (secondary N) is 2. The van der Waals surface area contributed by atoms with Crippen molar-refractivity contribution in [2.24, 2.45) is 0 Å². The Morgan fingerprint density at radius 1 is 1.03 bits per heavy atom. The van der Waals surface area contributed by atoms with Crippen LogP contribution < -0.4 is 14.8 Å². The lowest BCUT2D eigenvalue weighted by molar-refractivity contribution is -0.113. The van der Waals surface area contributed by atoms with Gasteiger partial charge in [-0.15, -0.1) is 10.2 Å². The van der Waals surface area contributed by atoms with E-state index in [1.807, 2.05) is 54.1 Å². The Hall–Kier alpha value is -4.24. The van der Waals surface area contributed by atoms with Gasteiger partial charge in [0.2, 0.25) is 5.91 Å². The Labute approximate surface area is 212 Å². The number of para-hydroxylation sites is 1. The summed E-state index contributed by atoms with van der Waals surface area (Å²) in [4.78, 5) is 16.1. The summed E-state index contributed by atoms with van der Waals surface area (Å²) in [6.45, 7) is 2.04. The number of anilines is 1. The number of amides is 1. The molecule has 0 aliphatic carbocycles. The number of carbonyl (C=O) groups excluding carboxylic acids is 1. The molecular formula is C27H25N5O3S. The van der Waals surface area contributed by atoms with Crippen molar-refractivity contribution in [3.05, 3.63) is 78.5 Å². The molecule has 0 atom stereocenters. The molecule has 1 amide bonds. The molecule has 0 aliphatic rings. The van der Waals surface area contributed by atoms with Crippen molar-refractivity contribution in [3.63, 3.8) is 0 Å². The second-order valence-electron chi connectivity index (χ2n) is 8.13. The molecule has 3 aromatic carbocycles. The number of rotatable bonds is 8. The molecule has 8 nitrogen and oxygen atoms in total. The number of aryl methyl sites for hydroxylation is 1. The van der Waals surface area contributed by atoms with Crippen LogP contribution in [0.3, 0.4) is 0 Å². The number of aromatic amines is 1. The van der Waals surface area contributed by atoms with E-state index >= 15 is 0 Å². The van der Waals surface area contributed by atoms with Crippen molar-refractivity contribution >= 4 is 34.3 Å². The van der Waals surface area contributed by atoms with Gasteiger partial charge in [0.25, 0.3) is 0 Å². The van der Waals surface area contributed by atoms with Gasteiger partial charge in [0.15, 0.2) is 11.0 Å². The first-order valence-electron chi connectivity index (χ1n) is 11.3. The van der Waals surface area contributed by atoms with E-state index in [1.165, 1.54) is 11.8 Å². The van der Waals surface area contributed by atoms with Crippen molar-refractivity contribution < 1.29 is 14.3 Å². The first-order chi connectivity index (χ1) is 17.6. The van der Waals surface area contributed by atoms with Crippen LogP contribution in [0.2, 0.25) is 0 Å². The number of nitrogens with zero attached hydrogens (tertiary/aromatic N) is 3. The van der Waals surface area contributed by atoms with Crippen LogP contribution in [-0.2, 0) is 4.79 Å². The van der Waals surface area contributed by atoms with Gasteiger partial charge in [0.05, 0.1) is 25.7 Å². The summed E-state index contributed by atoms with van der Waals surface area (Å²) in [7, 11) is 3.13. The van der Waals surface area contributed by atoms with Gasteiger partial charge in [0.1, 0.15) is 11.5 Å². The number of H-pyrrole nitrogens is 1. The maximum Gasteiger partial charge on any atom is 0.234 e. The van der Waals surface area contributed by atoms with Crippen LogP contribution >= 0.6 is 11.8 Å². The highest BCUT2D eigenvalue weighted by Crippen LogP contribution is 2.33. The molecule has 5 rings (SSSR count). The monoisotopic (exact) mass is 499 g/mol. The Morgan fingerprint density at radius 2 is 1.89 bits per heavy atom. The number of carbonyl (C=O) groups is 1. The van der Waals surface area contributed by atoms with E-state index in [-0.39, 0.29) is 11.7 Å². The normalized spacial score (nSPS) is 11.0.